The van der Waals surface area contributed by atoms with Crippen LogP contribution in [0.5, 0.6) is 0 Å². The molecular formula is C35H42N2. The molecule has 0 atom stereocenters. The number of nitrogens with zero attached hydrogens (tertiary/aromatic N) is 1. The maximum absolute atomic E-state index is 3.57. The molecule has 2 heteroatoms. The van der Waals surface area contributed by atoms with Gasteiger partial charge in [-0.15, -0.1) is 0 Å². The van der Waals surface area contributed by atoms with Gasteiger partial charge in [-0.25, -0.2) is 0 Å². The summed E-state index contributed by atoms with van der Waals surface area (Å²) < 4.78 is 0. The highest BCUT2D eigenvalue weighted by molar-refractivity contribution is 5.78. The number of hydrogen-bond donors (Lipinski definition) is 1. The lowest BCUT2D eigenvalue weighted by molar-refractivity contribution is 0.586. The summed E-state index contributed by atoms with van der Waals surface area (Å²) in [7, 11) is 0. The highest BCUT2D eigenvalue weighted by Crippen LogP contribution is 2.35. The van der Waals surface area contributed by atoms with Gasteiger partial charge < -0.3 is 10.2 Å². The van der Waals surface area contributed by atoms with Crippen molar-refractivity contribution in [3.05, 3.63) is 114 Å². The Morgan fingerprint density at radius 3 is 1.43 bits per heavy atom. The second-order valence-corrected chi connectivity index (χ2v) is 10.2. The maximum atomic E-state index is 3.57. The third-order valence-electron chi connectivity index (χ3n) is 7.02. The molecule has 0 aliphatic carbocycles. The molecular weight excluding hydrogens is 448 g/mol. The highest BCUT2D eigenvalue weighted by atomic mass is 15.1. The number of anilines is 3. The Bertz CT molecular complexity index is 1140. The lowest BCUT2D eigenvalue weighted by Gasteiger charge is -2.26. The fourth-order valence-electron chi connectivity index (χ4n) is 4.71. The Kier molecular flexibility index (Phi) is 9.97. The summed E-state index contributed by atoms with van der Waals surface area (Å²) in [6.45, 7) is 8.82. The first-order valence-corrected chi connectivity index (χ1v) is 14.0. The lowest BCUT2D eigenvalue weighted by Crippen LogP contribution is -2.16. The van der Waals surface area contributed by atoms with Crippen molar-refractivity contribution in [3.8, 4) is 11.1 Å². The molecule has 0 unspecified atom stereocenters. The number of unbranched alkanes of at least 4 members (excludes halogenated alkanes) is 3. The van der Waals surface area contributed by atoms with Gasteiger partial charge in [0.2, 0.25) is 0 Å². The van der Waals surface area contributed by atoms with Crippen molar-refractivity contribution in [1.29, 1.82) is 0 Å². The zero-order valence-corrected chi connectivity index (χ0v) is 22.8. The van der Waals surface area contributed by atoms with Crippen LogP contribution in [-0.2, 0) is 6.42 Å². The first kappa shape index (κ1) is 26.7. The Morgan fingerprint density at radius 2 is 0.946 bits per heavy atom. The first-order valence-electron chi connectivity index (χ1n) is 14.0. The summed E-state index contributed by atoms with van der Waals surface area (Å²) in [6.07, 6.45) is 7.56. The lowest BCUT2D eigenvalue weighted by atomic mass is 10.0. The van der Waals surface area contributed by atoms with Crippen molar-refractivity contribution in [2.24, 2.45) is 0 Å². The molecule has 0 aromatic heterocycles. The van der Waals surface area contributed by atoms with Crippen LogP contribution in [0, 0.1) is 13.8 Å². The van der Waals surface area contributed by atoms with Crippen LogP contribution in [-0.4, -0.2) is 13.1 Å². The van der Waals surface area contributed by atoms with E-state index in [1.807, 2.05) is 0 Å². The molecule has 0 aliphatic rings. The van der Waals surface area contributed by atoms with Gasteiger partial charge in [-0.2, -0.15) is 0 Å². The zero-order chi connectivity index (χ0) is 25.9. The van der Waals surface area contributed by atoms with Gasteiger partial charge in [0.25, 0.3) is 0 Å². The number of rotatable bonds is 13. The fourth-order valence-corrected chi connectivity index (χ4v) is 4.71. The fraction of sp³-hybridized carbons (Fsp3) is 0.314. The van der Waals surface area contributed by atoms with E-state index < -0.39 is 0 Å². The highest BCUT2D eigenvalue weighted by Gasteiger charge is 2.12. The van der Waals surface area contributed by atoms with Crippen LogP contribution in [0.15, 0.2) is 97.1 Å². The Morgan fingerprint density at radius 1 is 0.514 bits per heavy atom. The molecule has 4 aromatic carbocycles. The molecule has 0 spiro atoms. The molecule has 0 aliphatic heterocycles. The van der Waals surface area contributed by atoms with E-state index in [4.69, 9.17) is 0 Å². The molecule has 0 saturated heterocycles. The van der Waals surface area contributed by atoms with Crippen LogP contribution in [0.2, 0.25) is 0 Å². The topological polar surface area (TPSA) is 15.3 Å². The van der Waals surface area contributed by atoms with Crippen LogP contribution in [0.1, 0.15) is 55.7 Å². The normalized spacial score (nSPS) is 11.0. The van der Waals surface area contributed by atoms with Crippen LogP contribution in [0.4, 0.5) is 17.1 Å². The summed E-state index contributed by atoms with van der Waals surface area (Å²) >= 11 is 0. The van der Waals surface area contributed by atoms with E-state index in [1.54, 1.807) is 0 Å². The smallest absolute Gasteiger partial charge is 0.0462 e. The van der Waals surface area contributed by atoms with E-state index in [0.29, 0.717) is 0 Å². The van der Waals surface area contributed by atoms with Gasteiger partial charge in [0, 0.05) is 17.1 Å². The van der Waals surface area contributed by atoms with Crippen molar-refractivity contribution >= 4 is 17.1 Å². The second kappa shape index (κ2) is 13.8. The van der Waals surface area contributed by atoms with Crippen molar-refractivity contribution in [2.75, 3.05) is 18.0 Å². The first-order chi connectivity index (χ1) is 18.1. The SMILES string of the molecule is CCCCCNCCCCc1ccc(-c2ccc(N(c3ccc(C)cc3)c3ccc(C)cc3)cc2)cc1. The molecule has 1 N–H and O–H groups in total. The molecule has 0 heterocycles. The zero-order valence-electron chi connectivity index (χ0n) is 22.8. The van der Waals surface area contributed by atoms with Gasteiger partial charge in [0.1, 0.15) is 0 Å². The standard InChI is InChI=1S/C35H42N2/c1-4-5-7-26-36-27-8-6-9-30-14-16-31(17-15-30)32-18-24-35(25-19-32)37(33-20-10-28(2)11-21-33)34-22-12-29(3)13-23-34/h10-25,36H,4-9,26-27H2,1-3H3. The van der Waals surface area contributed by atoms with Gasteiger partial charge in [-0.1, -0.05) is 91.6 Å². The molecule has 0 fully saturated rings. The summed E-state index contributed by atoms with van der Waals surface area (Å²) in [6, 6.07) is 35.6. The summed E-state index contributed by atoms with van der Waals surface area (Å²) in [5.41, 5.74) is 9.98. The molecule has 37 heavy (non-hydrogen) atoms. The average molecular weight is 491 g/mol. The van der Waals surface area contributed by atoms with E-state index in [1.165, 1.54) is 71.3 Å². The number of aryl methyl sites for hydroxylation is 3. The van der Waals surface area contributed by atoms with E-state index in [0.717, 1.165) is 25.2 Å². The molecule has 0 radical (unpaired) electrons. The third-order valence-corrected chi connectivity index (χ3v) is 7.02. The molecule has 192 valence electrons. The predicted octanol–water partition coefficient (Wildman–Crippen LogP) is 9.54. The third kappa shape index (κ3) is 7.81. The predicted molar refractivity (Wildman–Crippen MR) is 161 cm³/mol. The minimum absolute atomic E-state index is 1.14. The number of hydrogen-bond acceptors (Lipinski definition) is 2. The number of benzene rings is 4. The molecule has 4 aromatic rings. The van der Waals surface area contributed by atoms with Gasteiger partial charge >= 0.3 is 0 Å². The molecule has 0 amide bonds. The number of nitrogens with one attached hydrogen (secondary N) is 1. The molecule has 0 saturated carbocycles. The van der Waals surface area contributed by atoms with Crippen molar-refractivity contribution in [3.63, 3.8) is 0 Å². The summed E-state index contributed by atoms with van der Waals surface area (Å²) in [5.74, 6) is 0. The van der Waals surface area contributed by atoms with E-state index in [9.17, 15) is 0 Å². The Hall–Kier alpha value is -3.36. The van der Waals surface area contributed by atoms with E-state index in [-0.39, 0.29) is 0 Å². The van der Waals surface area contributed by atoms with Gasteiger partial charge in [-0.05, 0) is 106 Å². The van der Waals surface area contributed by atoms with E-state index in [2.05, 4.69) is 128 Å². The van der Waals surface area contributed by atoms with Gasteiger partial charge in [-0.3, -0.25) is 0 Å². The molecule has 0 bridgehead atoms. The minimum Gasteiger partial charge on any atom is -0.317 e. The molecule has 4 rings (SSSR count). The van der Waals surface area contributed by atoms with Gasteiger partial charge in [0.05, 0.1) is 0 Å². The monoisotopic (exact) mass is 490 g/mol. The quantitative estimate of drug-likeness (QED) is 0.188. The summed E-state index contributed by atoms with van der Waals surface area (Å²) in [4.78, 5) is 2.32. The van der Waals surface area contributed by atoms with Crippen LogP contribution >= 0.6 is 0 Å². The van der Waals surface area contributed by atoms with Crippen molar-refractivity contribution < 1.29 is 0 Å². The Balaban J connectivity index is 1.40. The minimum atomic E-state index is 1.14. The molecule has 2 nitrogen and oxygen atoms in total. The largest absolute Gasteiger partial charge is 0.317 e. The van der Waals surface area contributed by atoms with Crippen LogP contribution in [0.3, 0.4) is 0 Å². The van der Waals surface area contributed by atoms with E-state index >= 15 is 0 Å². The summed E-state index contributed by atoms with van der Waals surface area (Å²) in [5, 5.41) is 3.57. The van der Waals surface area contributed by atoms with Crippen LogP contribution < -0.4 is 10.2 Å². The average Bonchev–Trinajstić information content (AvgIpc) is 2.93. The van der Waals surface area contributed by atoms with Crippen molar-refractivity contribution in [2.45, 2.75) is 59.3 Å². The maximum Gasteiger partial charge on any atom is 0.0462 e. The van der Waals surface area contributed by atoms with Gasteiger partial charge in [0.15, 0.2) is 0 Å². The van der Waals surface area contributed by atoms with Crippen molar-refractivity contribution in [1.82, 2.24) is 5.32 Å². The van der Waals surface area contributed by atoms with Crippen LogP contribution in [0.25, 0.3) is 11.1 Å². The second-order valence-electron chi connectivity index (χ2n) is 10.2. The Labute approximate surface area is 224 Å².